The van der Waals surface area contributed by atoms with Gasteiger partial charge in [0.15, 0.2) is 5.71 Å². The highest BCUT2D eigenvalue weighted by atomic mass is 35.5. The summed E-state index contributed by atoms with van der Waals surface area (Å²) in [6.07, 6.45) is -6.53. The predicted molar refractivity (Wildman–Crippen MR) is 202 cm³/mol. The van der Waals surface area contributed by atoms with E-state index >= 15 is 0 Å². The third-order valence-electron chi connectivity index (χ3n) is 8.50. The van der Waals surface area contributed by atoms with Crippen LogP contribution in [-0.2, 0) is 50.3 Å². The van der Waals surface area contributed by atoms with Gasteiger partial charge in [0.1, 0.15) is 43.5 Å². The Morgan fingerprint density at radius 1 is 0.862 bits per heavy atom. The molecule has 1 unspecified atom stereocenters. The second kappa shape index (κ2) is 19.5. The standard InChI is InChI=1S/C20H19ClF3N3O2.C20H19F3N2O4/c1-13(2)19(28,10-27-12-25-11-26-27)17-8-7-16(9-18(17)20(22,23)24)29-15-5-3-14(21)4-6-15;1-13(14-8-6-9-16(11-14)20(21,22)23)24-29-12-15-7-4-5-10-17(15)18(25-28-3)19(26)27-2/h3-9,11-13,28H,10H2,1-2H3;4-11H,12H2,1-3H3/b;24-13+,25-18+. The summed E-state index contributed by atoms with van der Waals surface area (Å²) in [6.45, 7) is 4.61. The van der Waals surface area contributed by atoms with Crippen molar-refractivity contribution in [2.24, 2.45) is 16.2 Å². The summed E-state index contributed by atoms with van der Waals surface area (Å²) in [4.78, 5) is 25.7. The molecule has 0 aliphatic rings. The van der Waals surface area contributed by atoms with Crippen molar-refractivity contribution in [2.45, 2.75) is 51.9 Å². The van der Waals surface area contributed by atoms with Crippen LogP contribution in [0.3, 0.4) is 0 Å². The van der Waals surface area contributed by atoms with Gasteiger partial charge in [0.05, 0.1) is 30.5 Å². The lowest BCUT2D eigenvalue weighted by atomic mass is 9.80. The van der Waals surface area contributed by atoms with Crippen molar-refractivity contribution in [3.8, 4) is 11.5 Å². The molecule has 1 aromatic heterocycles. The Balaban J connectivity index is 0.000000257. The minimum Gasteiger partial charge on any atom is -0.464 e. The zero-order chi connectivity index (χ0) is 42.7. The molecule has 11 nitrogen and oxygen atoms in total. The normalized spacial score (nSPS) is 13.3. The second-order valence-corrected chi connectivity index (χ2v) is 13.2. The molecule has 18 heteroatoms. The average molecular weight is 834 g/mol. The van der Waals surface area contributed by atoms with Crippen LogP contribution in [-0.4, -0.2) is 51.5 Å². The molecule has 0 saturated carbocycles. The van der Waals surface area contributed by atoms with Gasteiger partial charge in [0.2, 0.25) is 0 Å². The van der Waals surface area contributed by atoms with E-state index in [-0.39, 0.29) is 41.5 Å². The maximum absolute atomic E-state index is 13.9. The van der Waals surface area contributed by atoms with Gasteiger partial charge < -0.3 is 24.3 Å². The Bertz CT molecular complexity index is 2200. The van der Waals surface area contributed by atoms with Crippen LogP contribution < -0.4 is 4.74 Å². The molecular formula is C40H38ClF6N5O6. The number of carbonyl (C=O) groups is 1. The third-order valence-corrected chi connectivity index (χ3v) is 8.75. The lowest BCUT2D eigenvalue weighted by Gasteiger charge is -2.34. The molecule has 5 rings (SSSR count). The fourth-order valence-corrected chi connectivity index (χ4v) is 5.54. The fourth-order valence-electron chi connectivity index (χ4n) is 5.41. The first-order valence-electron chi connectivity index (χ1n) is 17.2. The fraction of sp³-hybridized carbons (Fsp3) is 0.275. The smallest absolute Gasteiger partial charge is 0.416 e. The molecule has 1 N–H and O–H groups in total. The number of oxime groups is 2. The van der Waals surface area contributed by atoms with E-state index in [0.717, 1.165) is 18.2 Å². The van der Waals surface area contributed by atoms with Crippen molar-refractivity contribution in [3.05, 3.63) is 142 Å². The lowest BCUT2D eigenvalue weighted by molar-refractivity contribution is -0.142. The first-order valence-corrected chi connectivity index (χ1v) is 17.6. The number of hydrogen-bond acceptors (Lipinski definition) is 10. The SMILES string of the molecule is CC(C)C(O)(Cn1cncn1)c1ccc(Oc2ccc(Cl)cc2)cc1C(F)(F)F.CO/N=C(/C(=O)OC)c1ccccc1CO/N=C(\C)c1cccc(C(F)(F)F)c1. The molecule has 0 saturated heterocycles. The number of ether oxygens (including phenoxy) is 2. The van der Waals surface area contributed by atoms with Crippen molar-refractivity contribution in [1.29, 1.82) is 0 Å². The number of benzene rings is 4. The summed E-state index contributed by atoms with van der Waals surface area (Å²) >= 11 is 5.81. The van der Waals surface area contributed by atoms with Gasteiger partial charge in [-0.15, -0.1) is 0 Å². The average Bonchev–Trinajstić information content (AvgIpc) is 3.70. The number of rotatable bonds is 13. The van der Waals surface area contributed by atoms with Crippen LogP contribution in [0, 0.1) is 5.92 Å². The molecule has 0 fully saturated rings. The number of esters is 1. The van der Waals surface area contributed by atoms with Gasteiger partial charge in [-0.05, 0) is 72.5 Å². The number of nitrogens with zero attached hydrogens (tertiary/aromatic N) is 5. The molecule has 1 heterocycles. The van der Waals surface area contributed by atoms with Crippen LogP contribution in [0.15, 0.2) is 114 Å². The van der Waals surface area contributed by atoms with Crippen molar-refractivity contribution < 1.29 is 55.4 Å². The molecule has 0 aliphatic carbocycles. The summed E-state index contributed by atoms with van der Waals surface area (Å²) in [5.74, 6) is -0.883. The summed E-state index contributed by atoms with van der Waals surface area (Å²) < 4.78 is 91.7. The maximum atomic E-state index is 13.9. The largest absolute Gasteiger partial charge is 0.464 e. The van der Waals surface area contributed by atoms with E-state index in [4.69, 9.17) is 30.7 Å². The molecule has 0 amide bonds. The molecule has 0 bridgehead atoms. The van der Waals surface area contributed by atoms with Gasteiger partial charge in [-0.3, -0.25) is 0 Å². The van der Waals surface area contributed by atoms with Gasteiger partial charge in [0, 0.05) is 16.1 Å². The molecule has 0 aliphatic heterocycles. The minimum absolute atomic E-state index is 0.00439. The summed E-state index contributed by atoms with van der Waals surface area (Å²) in [5, 5.41) is 23.2. The topological polar surface area (TPSA) is 130 Å². The molecule has 58 heavy (non-hydrogen) atoms. The summed E-state index contributed by atoms with van der Waals surface area (Å²) in [5.41, 5.74) is -2.32. The molecule has 5 aromatic rings. The van der Waals surface area contributed by atoms with Gasteiger partial charge >= 0.3 is 18.3 Å². The van der Waals surface area contributed by atoms with Crippen LogP contribution in [0.5, 0.6) is 11.5 Å². The summed E-state index contributed by atoms with van der Waals surface area (Å²) in [6, 6.07) is 21.3. The highest BCUT2D eigenvalue weighted by molar-refractivity contribution is 6.43. The zero-order valence-corrected chi connectivity index (χ0v) is 32.4. The van der Waals surface area contributed by atoms with E-state index < -0.39 is 41.0 Å². The van der Waals surface area contributed by atoms with Gasteiger partial charge in [0.25, 0.3) is 0 Å². The number of carbonyl (C=O) groups excluding carboxylic acids is 1. The zero-order valence-electron chi connectivity index (χ0n) is 31.7. The predicted octanol–water partition coefficient (Wildman–Crippen LogP) is 9.46. The quantitative estimate of drug-likeness (QED) is 0.0538. The molecule has 4 aromatic carbocycles. The Morgan fingerprint density at radius 2 is 1.55 bits per heavy atom. The van der Waals surface area contributed by atoms with Crippen molar-refractivity contribution >= 4 is 29.0 Å². The highest BCUT2D eigenvalue weighted by Crippen LogP contribution is 2.43. The summed E-state index contributed by atoms with van der Waals surface area (Å²) in [7, 11) is 2.51. The minimum atomic E-state index is -4.69. The first-order chi connectivity index (χ1) is 27.4. The Morgan fingerprint density at radius 3 is 2.16 bits per heavy atom. The molecule has 0 spiro atoms. The van der Waals surface area contributed by atoms with Gasteiger partial charge in [-0.25, -0.2) is 14.5 Å². The number of methoxy groups -OCH3 is 1. The molecule has 0 radical (unpaired) electrons. The van der Waals surface area contributed by atoms with E-state index in [1.54, 1.807) is 62.4 Å². The second-order valence-electron chi connectivity index (χ2n) is 12.7. The number of aliphatic hydroxyl groups is 1. The van der Waals surface area contributed by atoms with Gasteiger partial charge in [-0.2, -0.15) is 31.4 Å². The van der Waals surface area contributed by atoms with Crippen LogP contribution in [0.2, 0.25) is 5.02 Å². The van der Waals surface area contributed by atoms with E-state index in [1.807, 2.05) is 0 Å². The third kappa shape index (κ3) is 11.8. The number of aromatic nitrogens is 3. The monoisotopic (exact) mass is 833 g/mol. The number of halogens is 7. The number of alkyl halides is 6. The van der Waals surface area contributed by atoms with Gasteiger partial charge in [-0.1, -0.05) is 78.2 Å². The van der Waals surface area contributed by atoms with Crippen LogP contribution in [0.25, 0.3) is 0 Å². The highest BCUT2D eigenvalue weighted by Gasteiger charge is 2.43. The van der Waals surface area contributed by atoms with E-state index in [0.29, 0.717) is 21.9 Å². The maximum Gasteiger partial charge on any atom is 0.416 e. The molecule has 1 atom stereocenters. The first kappa shape index (κ1) is 44.8. The Kier molecular flexibility index (Phi) is 15.0. The number of hydrogen-bond donors (Lipinski definition) is 1. The Labute approximate surface area is 334 Å². The lowest BCUT2D eigenvalue weighted by Crippen LogP contribution is -2.39. The van der Waals surface area contributed by atoms with E-state index in [2.05, 4.69) is 20.4 Å². The van der Waals surface area contributed by atoms with Crippen LogP contribution in [0.1, 0.15) is 54.2 Å². The molecule has 308 valence electrons. The van der Waals surface area contributed by atoms with Crippen LogP contribution >= 0.6 is 11.6 Å². The van der Waals surface area contributed by atoms with Crippen molar-refractivity contribution in [2.75, 3.05) is 14.2 Å². The van der Waals surface area contributed by atoms with Crippen molar-refractivity contribution in [3.63, 3.8) is 0 Å². The van der Waals surface area contributed by atoms with Crippen molar-refractivity contribution in [1.82, 2.24) is 14.8 Å². The van der Waals surface area contributed by atoms with E-state index in [9.17, 15) is 36.2 Å². The Hall–Kier alpha value is -5.94. The van der Waals surface area contributed by atoms with Crippen LogP contribution in [0.4, 0.5) is 26.3 Å². The molecular weight excluding hydrogens is 796 g/mol. The van der Waals surface area contributed by atoms with E-state index in [1.165, 1.54) is 62.7 Å².